The van der Waals surface area contributed by atoms with Gasteiger partial charge < -0.3 is 4.90 Å². The monoisotopic (exact) mass is 294 g/mol. The summed E-state index contributed by atoms with van der Waals surface area (Å²) in [5, 5.41) is 9.41. The molecule has 1 fully saturated rings. The number of ketones is 1. The predicted molar refractivity (Wildman–Crippen MR) is 88.0 cm³/mol. The number of anilines is 1. The second-order valence-electron chi connectivity index (χ2n) is 6.64. The lowest BCUT2D eigenvalue weighted by Crippen LogP contribution is -2.44. The largest absolute Gasteiger partial charge is 0.370 e. The van der Waals surface area contributed by atoms with Crippen molar-refractivity contribution >= 4 is 11.5 Å². The van der Waals surface area contributed by atoms with Gasteiger partial charge in [0.15, 0.2) is 5.78 Å². The van der Waals surface area contributed by atoms with E-state index >= 15 is 0 Å². The minimum absolute atomic E-state index is 0.0538. The van der Waals surface area contributed by atoms with Crippen molar-refractivity contribution < 1.29 is 4.79 Å². The van der Waals surface area contributed by atoms with Gasteiger partial charge in [0, 0.05) is 18.7 Å². The number of Topliss-reactive ketones (excluding diaryl/α,β-unsaturated/α-hetero) is 1. The first-order valence-electron chi connectivity index (χ1n) is 8.09. The van der Waals surface area contributed by atoms with Crippen LogP contribution in [0.3, 0.4) is 0 Å². The van der Waals surface area contributed by atoms with Crippen LogP contribution in [0.2, 0.25) is 0 Å². The molecular weight excluding hydrogens is 272 g/mol. The third kappa shape index (κ3) is 2.78. The van der Waals surface area contributed by atoms with Crippen LogP contribution in [0.5, 0.6) is 0 Å². The quantitative estimate of drug-likeness (QED) is 0.609. The van der Waals surface area contributed by atoms with E-state index in [1.165, 1.54) is 12.8 Å². The highest BCUT2D eigenvalue weighted by Gasteiger charge is 2.35. The van der Waals surface area contributed by atoms with Crippen LogP contribution in [0.1, 0.15) is 54.9 Å². The number of carbonyl (C=O) groups is 1. The summed E-state index contributed by atoms with van der Waals surface area (Å²) in [6.45, 7) is 3.55. The van der Waals surface area contributed by atoms with E-state index in [0.29, 0.717) is 16.5 Å². The molecule has 0 amide bonds. The Labute approximate surface area is 132 Å². The van der Waals surface area contributed by atoms with E-state index in [0.717, 1.165) is 38.0 Å². The summed E-state index contributed by atoms with van der Waals surface area (Å²) in [6.07, 6.45) is 10.5. The van der Waals surface area contributed by atoms with Gasteiger partial charge in [-0.25, -0.2) is 0 Å². The Balaban J connectivity index is 1.92. The molecule has 0 bridgehead atoms. The molecule has 1 aromatic rings. The van der Waals surface area contributed by atoms with Crippen molar-refractivity contribution in [1.29, 1.82) is 5.26 Å². The second kappa shape index (κ2) is 5.96. The van der Waals surface area contributed by atoms with E-state index in [1.807, 2.05) is 6.07 Å². The van der Waals surface area contributed by atoms with Crippen LogP contribution in [0.15, 0.2) is 30.4 Å². The number of hydrogen-bond donors (Lipinski definition) is 0. The van der Waals surface area contributed by atoms with Crippen LogP contribution >= 0.6 is 0 Å². The van der Waals surface area contributed by atoms with Crippen LogP contribution in [0.25, 0.3) is 0 Å². The standard InChI is InChI=1S/C19H22N2O/c1-15(22)16-6-7-17(13-20)18(12-16)21-11-5-10-19(14-21)8-3-2-4-9-19/h2-3,6-7,12H,4-5,8-11,14H2,1H3. The summed E-state index contributed by atoms with van der Waals surface area (Å²) in [5.41, 5.74) is 2.65. The van der Waals surface area contributed by atoms with Crippen molar-refractivity contribution in [2.24, 2.45) is 5.41 Å². The molecule has 0 N–H and O–H groups in total. The van der Waals surface area contributed by atoms with Crippen LogP contribution in [-0.2, 0) is 0 Å². The van der Waals surface area contributed by atoms with Gasteiger partial charge in [-0.3, -0.25) is 4.79 Å². The third-order valence-electron chi connectivity index (χ3n) is 5.09. The smallest absolute Gasteiger partial charge is 0.159 e. The zero-order valence-corrected chi connectivity index (χ0v) is 13.1. The molecule has 3 heteroatoms. The molecule has 2 aliphatic rings. The SMILES string of the molecule is CC(=O)c1ccc(C#N)c(N2CCCC3(CC=CCC3)C2)c1. The summed E-state index contributed by atoms with van der Waals surface area (Å²) in [4.78, 5) is 14.0. The molecule has 0 saturated carbocycles. The van der Waals surface area contributed by atoms with Crippen molar-refractivity contribution in [2.45, 2.75) is 39.0 Å². The van der Waals surface area contributed by atoms with Crippen molar-refractivity contribution in [3.8, 4) is 6.07 Å². The van der Waals surface area contributed by atoms with Gasteiger partial charge in [-0.15, -0.1) is 0 Å². The maximum absolute atomic E-state index is 11.7. The molecule has 1 aliphatic heterocycles. The van der Waals surface area contributed by atoms with Crippen molar-refractivity contribution in [1.82, 2.24) is 0 Å². The minimum atomic E-state index is 0.0538. The van der Waals surface area contributed by atoms with Gasteiger partial charge in [-0.2, -0.15) is 5.26 Å². The minimum Gasteiger partial charge on any atom is -0.370 e. The predicted octanol–water partition coefficient (Wildman–Crippen LogP) is 4.09. The highest BCUT2D eigenvalue weighted by Crippen LogP contribution is 2.42. The zero-order chi connectivity index (χ0) is 15.6. The maximum atomic E-state index is 11.7. The molecule has 1 atom stereocenters. The number of hydrogen-bond acceptors (Lipinski definition) is 3. The van der Waals surface area contributed by atoms with Gasteiger partial charge in [0.05, 0.1) is 11.3 Å². The lowest BCUT2D eigenvalue weighted by Gasteiger charge is -2.45. The molecule has 1 unspecified atom stereocenters. The highest BCUT2D eigenvalue weighted by molar-refractivity contribution is 5.95. The van der Waals surface area contributed by atoms with Gasteiger partial charge in [-0.1, -0.05) is 12.2 Å². The number of nitriles is 1. The lowest BCUT2D eigenvalue weighted by atomic mass is 9.71. The summed E-state index contributed by atoms with van der Waals surface area (Å²) >= 11 is 0. The fourth-order valence-electron chi connectivity index (χ4n) is 3.83. The number of benzene rings is 1. The molecule has 1 saturated heterocycles. The van der Waals surface area contributed by atoms with Gasteiger partial charge in [0.25, 0.3) is 0 Å². The van der Waals surface area contributed by atoms with Gasteiger partial charge in [0.1, 0.15) is 6.07 Å². The van der Waals surface area contributed by atoms with E-state index in [-0.39, 0.29) is 5.78 Å². The molecule has 114 valence electrons. The average molecular weight is 294 g/mol. The Morgan fingerprint density at radius 1 is 1.32 bits per heavy atom. The molecule has 1 heterocycles. The number of rotatable bonds is 2. The molecule has 22 heavy (non-hydrogen) atoms. The Bertz CT molecular complexity index is 656. The van der Waals surface area contributed by atoms with Crippen LogP contribution in [0, 0.1) is 16.7 Å². The fraction of sp³-hybridized carbons (Fsp3) is 0.474. The molecule has 3 nitrogen and oxygen atoms in total. The van der Waals surface area contributed by atoms with E-state index in [4.69, 9.17) is 0 Å². The van der Waals surface area contributed by atoms with E-state index < -0.39 is 0 Å². The number of piperidine rings is 1. The van der Waals surface area contributed by atoms with E-state index in [1.54, 1.807) is 19.1 Å². The van der Waals surface area contributed by atoms with Crippen LogP contribution in [-0.4, -0.2) is 18.9 Å². The van der Waals surface area contributed by atoms with Gasteiger partial charge in [-0.05, 0) is 62.6 Å². The summed E-state index contributed by atoms with van der Waals surface area (Å²) in [7, 11) is 0. The van der Waals surface area contributed by atoms with Crippen LogP contribution < -0.4 is 4.90 Å². The lowest BCUT2D eigenvalue weighted by molar-refractivity contribution is 0.101. The molecule has 3 rings (SSSR count). The second-order valence-corrected chi connectivity index (χ2v) is 6.64. The molecule has 1 aromatic carbocycles. The maximum Gasteiger partial charge on any atom is 0.159 e. The molecule has 1 spiro atoms. The third-order valence-corrected chi connectivity index (χ3v) is 5.09. The molecule has 0 radical (unpaired) electrons. The Morgan fingerprint density at radius 2 is 2.18 bits per heavy atom. The molecular formula is C19H22N2O. The van der Waals surface area contributed by atoms with E-state index in [2.05, 4.69) is 23.1 Å². The number of allylic oxidation sites excluding steroid dienone is 2. The fourth-order valence-corrected chi connectivity index (χ4v) is 3.83. The van der Waals surface area contributed by atoms with Crippen molar-refractivity contribution in [3.63, 3.8) is 0 Å². The molecule has 0 aromatic heterocycles. The first-order chi connectivity index (χ1) is 10.6. The van der Waals surface area contributed by atoms with Crippen molar-refractivity contribution in [3.05, 3.63) is 41.5 Å². The topological polar surface area (TPSA) is 44.1 Å². The normalized spacial score (nSPS) is 24.3. The molecule has 1 aliphatic carbocycles. The Hall–Kier alpha value is -2.08. The van der Waals surface area contributed by atoms with Gasteiger partial charge in [0.2, 0.25) is 0 Å². The summed E-state index contributed by atoms with van der Waals surface area (Å²) < 4.78 is 0. The zero-order valence-electron chi connectivity index (χ0n) is 13.1. The first-order valence-corrected chi connectivity index (χ1v) is 8.09. The van der Waals surface area contributed by atoms with Crippen LogP contribution in [0.4, 0.5) is 5.69 Å². The Kier molecular flexibility index (Phi) is 4.02. The van der Waals surface area contributed by atoms with Crippen molar-refractivity contribution in [2.75, 3.05) is 18.0 Å². The first kappa shape index (κ1) is 14.8. The average Bonchev–Trinajstić information content (AvgIpc) is 2.55. The Morgan fingerprint density at radius 3 is 2.86 bits per heavy atom. The summed E-state index contributed by atoms with van der Waals surface area (Å²) in [5.74, 6) is 0.0538. The number of nitrogens with zero attached hydrogens (tertiary/aromatic N) is 2. The van der Waals surface area contributed by atoms with E-state index in [9.17, 15) is 10.1 Å². The van der Waals surface area contributed by atoms with Gasteiger partial charge >= 0.3 is 0 Å². The highest BCUT2D eigenvalue weighted by atomic mass is 16.1. The summed E-state index contributed by atoms with van der Waals surface area (Å²) in [6, 6.07) is 7.73. The number of carbonyl (C=O) groups excluding carboxylic acids is 1.